The van der Waals surface area contributed by atoms with Gasteiger partial charge in [0.05, 0.1) is 11.5 Å². The second-order valence-electron chi connectivity index (χ2n) is 8.24. The maximum absolute atomic E-state index is 13.4. The molecule has 7 nitrogen and oxygen atoms in total. The van der Waals surface area contributed by atoms with Crippen molar-refractivity contribution in [3.63, 3.8) is 0 Å². The molecule has 0 aliphatic carbocycles. The van der Waals surface area contributed by atoms with Crippen LogP contribution in [0.4, 0.5) is 0 Å². The van der Waals surface area contributed by atoms with Crippen molar-refractivity contribution in [2.75, 3.05) is 33.2 Å². The van der Waals surface area contributed by atoms with E-state index in [1.54, 1.807) is 18.5 Å². The molecule has 29 heavy (non-hydrogen) atoms. The fourth-order valence-corrected chi connectivity index (χ4v) is 4.81. The number of pyridine rings is 1. The molecule has 4 rings (SSSR count). The van der Waals surface area contributed by atoms with Crippen LogP contribution in [0.25, 0.3) is 0 Å². The van der Waals surface area contributed by atoms with Crippen molar-refractivity contribution in [2.24, 2.45) is 5.41 Å². The summed E-state index contributed by atoms with van der Waals surface area (Å²) in [5.74, 6) is 0.0750. The van der Waals surface area contributed by atoms with E-state index in [9.17, 15) is 9.59 Å². The number of rotatable bonds is 5. The van der Waals surface area contributed by atoms with Crippen molar-refractivity contribution in [1.29, 1.82) is 0 Å². The van der Waals surface area contributed by atoms with Gasteiger partial charge in [0.2, 0.25) is 5.91 Å². The summed E-state index contributed by atoms with van der Waals surface area (Å²) < 4.78 is 0. The highest BCUT2D eigenvalue weighted by Crippen LogP contribution is 2.43. The number of likely N-dealkylation sites (tertiary alicyclic amines) is 2. The average Bonchev–Trinajstić information content (AvgIpc) is 3.28. The molecule has 0 radical (unpaired) electrons. The number of likely N-dealkylation sites (N-methyl/N-ethyl adjacent to an activating group) is 1. The van der Waals surface area contributed by atoms with Crippen LogP contribution in [0.15, 0.2) is 42.9 Å². The Balaban J connectivity index is 1.50. The lowest BCUT2D eigenvalue weighted by Gasteiger charge is -2.53. The molecule has 0 bridgehead atoms. The van der Waals surface area contributed by atoms with E-state index in [1.807, 2.05) is 29.3 Å². The zero-order valence-corrected chi connectivity index (χ0v) is 16.9. The molecule has 2 atom stereocenters. The van der Waals surface area contributed by atoms with E-state index in [2.05, 4.69) is 27.2 Å². The van der Waals surface area contributed by atoms with Crippen LogP contribution >= 0.6 is 0 Å². The van der Waals surface area contributed by atoms with Gasteiger partial charge in [-0.15, -0.1) is 0 Å². The van der Waals surface area contributed by atoms with Gasteiger partial charge < -0.3 is 20.1 Å². The summed E-state index contributed by atoms with van der Waals surface area (Å²) in [5, 5.41) is 3.17. The van der Waals surface area contributed by atoms with Gasteiger partial charge in [0, 0.05) is 38.2 Å². The van der Waals surface area contributed by atoms with Crippen LogP contribution in [0, 0.1) is 5.41 Å². The molecule has 2 N–H and O–H groups in total. The highest BCUT2D eigenvalue weighted by molar-refractivity contribution is 5.94. The summed E-state index contributed by atoms with van der Waals surface area (Å²) in [5.41, 5.74) is 1.19. The van der Waals surface area contributed by atoms with Crippen LogP contribution in [0.2, 0.25) is 0 Å². The smallest absolute Gasteiger partial charge is 0.270 e. The predicted molar refractivity (Wildman–Crippen MR) is 110 cm³/mol. The molecule has 7 heteroatoms. The van der Waals surface area contributed by atoms with Gasteiger partial charge in [0.15, 0.2) is 0 Å². The summed E-state index contributed by atoms with van der Waals surface area (Å²) in [6.07, 6.45) is 8.57. The maximum Gasteiger partial charge on any atom is 0.270 e. The van der Waals surface area contributed by atoms with E-state index in [0.29, 0.717) is 18.8 Å². The lowest BCUT2D eigenvalue weighted by Crippen LogP contribution is -2.66. The quantitative estimate of drug-likeness (QED) is 0.807. The lowest BCUT2D eigenvalue weighted by atomic mass is 9.67. The van der Waals surface area contributed by atoms with Gasteiger partial charge >= 0.3 is 0 Å². The summed E-state index contributed by atoms with van der Waals surface area (Å²) >= 11 is 0. The Labute approximate surface area is 171 Å². The second kappa shape index (κ2) is 8.37. The number of carbonyl (C=O) groups is 2. The van der Waals surface area contributed by atoms with Gasteiger partial charge in [0.1, 0.15) is 5.69 Å². The molecule has 2 saturated heterocycles. The van der Waals surface area contributed by atoms with Crippen LogP contribution in [0.3, 0.4) is 0 Å². The van der Waals surface area contributed by atoms with E-state index < -0.39 is 5.41 Å². The molecule has 0 aromatic carbocycles. The summed E-state index contributed by atoms with van der Waals surface area (Å²) in [7, 11) is 2.07. The molecule has 2 aromatic heterocycles. The molecule has 0 saturated carbocycles. The minimum absolute atomic E-state index is 0.0115. The lowest BCUT2D eigenvalue weighted by molar-refractivity contribution is -0.142. The number of hydrogen-bond donors (Lipinski definition) is 2. The van der Waals surface area contributed by atoms with Crippen molar-refractivity contribution < 1.29 is 9.59 Å². The predicted octanol–water partition coefficient (Wildman–Crippen LogP) is 1.70. The Morgan fingerprint density at radius 1 is 1.28 bits per heavy atom. The number of hydrogen-bond acceptors (Lipinski definition) is 4. The third-order valence-corrected chi connectivity index (χ3v) is 6.42. The summed E-state index contributed by atoms with van der Waals surface area (Å²) in [4.78, 5) is 37.8. The van der Waals surface area contributed by atoms with Crippen LogP contribution in [0.5, 0.6) is 0 Å². The Morgan fingerprint density at radius 3 is 2.93 bits per heavy atom. The third-order valence-electron chi connectivity index (χ3n) is 6.42. The molecule has 2 aliphatic heterocycles. The first kappa shape index (κ1) is 19.6. The molecule has 0 spiro atoms. The molecule has 2 aliphatic rings. The van der Waals surface area contributed by atoms with Crippen LogP contribution in [-0.4, -0.2) is 70.9 Å². The van der Waals surface area contributed by atoms with Crippen LogP contribution in [0.1, 0.15) is 35.3 Å². The van der Waals surface area contributed by atoms with Crippen molar-refractivity contribution in [1.82, 2.24) is 25.1 Å². The Kier molecular flexibility index (Phi) is 5.67. The van der Waals surface area contributed by atoms with E-state index >= 15 is 0 Å². The average molecular weight is 396 g/mol. The minimum Gasteiger partial charge on any atom is -0.357 e. The monoisotopic (exact) mass is 395 g/mol. The van der Waals surface area contributed by atoms with E-state index in [1.165, 1.54) is 0 Å². The largest absolute Gasteiger partial charge is 0.357 e. The topological polar surface area (TPSA) is 81.3 Å². The number of carbonyl (C=O) groups excluding carboxylic acids is 2. The van der Waals surface area contributed by atoms with Gasteiger partial charge in [-0.1, -0.05) is 6.07 Å². The Hall–Kier alpha value is -2.67. The molecule has 2 fully saturated rings. The minimum atomic E-state index is -0.512. The number of aromatic nitrogens is 2. The second-order valence-corrected chi connectivity index (χ2v) is 8.24. The first-order chi connectivity index (χ1) is 14.1. The van der Waals surface area contributed by atoms with Crippen molar-refractivity contribution in [3.05, 3.63) is 54.1 Å². The third kappa shape index (κ3) is 3.92. The van der Waals surface area contributed by atoms with E-state index in [-0.39, 0.29) is 17.9 Å². The number of piperidine rings is 2. The SMILES string of the molecule is CN1CC[C@]2(C(=O)NCCc3cccnc3)CCCN(C(=O)c3ccc[nH]3)[C@H]2C1. The zero-order chi connectivity index (χ0) is 20.3. The highest BCUT2D eigenvalue weighted by atomic mass is 16.2. The van der Waals surface area contributed by atoms with Gasteiger partial charge in [-0.3, -0.25) is 14.6 Å². The van der Waals surface area contributed by atoms with Crippen LogP contribution in [-0.2, 0) is 11.2 Å². The molecule has 2 aromatic rings. The fourth-order valence-electron chi connectivity index (χ4n) is 4.81. The fraction of sp³-hybridized carbons (Fsp3) is 0.500. The van der Waals surface area contributed by atoms with Crippen LogP contribution < -0.4 is 5.32 Å². The number of nitrogens with zero attached hydrogens (tertiary/aromatic N) is 3. The summed E-state index contributed by atoms with van der Waals surface area (Å²) in [6, 6.07) is 7.47. The van der Waals surface area contributed by atoms with Crippen molar-refractivity contribution in [3.8, 4) is 0 Å². The standard InChI is InChI=1S/C22H29N5O2/c1-26-14-9-22(21(29)25-12-7-17-5-2-10-23-15-17)8-4-13-27(19(22)16-26)20(28)18-6-3-11-24-18/h2-3,5-6,10-11,15,19,24H,4,7-9,12-14,16H2,1H3,(H,25,29)/t19-,22+/m0/s1. The Morgan fingerprint density at radius 2 is 2.17 bits per heavy atom. The number of amides is 2. The van der Waals surface area contributed by atoms with Gasteiger partial charge in [-0.05, 0) is 63.0 Å². The zero-order valence-electron chi connectivity index (χ0n) is 16.9. The number of H-pyrrole nitrogens is 1. The molecule has 154 valence electrons. The molecule has 0 unspecified atom stereocenters. The van der Waals surface area contributed by atoms with E-state index in [0.717, 1.165) is 44.3 Å². The van der Waals surface area contributed by atoms with Gasteiger partial charge in [0.25, 0.3) is 5.91 Å². The number of aromatic amines is 1. The summed E-state index contributed by atoms with van der Waals surface area (Å²) in [6.45, 7) is 2.88. The molecular formula is C22H29N5O2. The van der Waals surface area contributed by atoms with E-state index in [4.69, 9.17) is 0 Å². The number of fused-ring (bicyclic) bond motifs is 1. The Bertz CT molecular complexity index is 838. The van der Waals surface area contributed by atoms with Gasteiger partial charge in [-0.25, -0.2) is 0 Å². The van der Waals surface area contributed by atoms with Crippen molar-refractivity contribution in [2.45, 2.75) is 31.7 Å². The van der Waals surface area contributed by atoms with Crippen molar-refractivity contribution >= 4 is 11.8 Å². The molecule has 2 amide bonds. The normalized spacial score (nSPS) is 24.7. The van der Waals surface area contributed by atoms with Gasteiger partial charge in [-0.2, -0.15) is 0 Å². The maximum atomic E-state index is 13.4. The molecule has 4 heterocycles. The first-order valence-corrected chi connectivity index (χ1v) is 10.4. The highest BCUT2D eigenvalue weighted by Gasteiger charge is 2.53. The number of nitrogens with one attached hydrogen (secondary N) is 2. The molecular weight excluding hydrogens is 366 g/mol. The first-order valence-electron chi connectivity index (χ1n) is 10.4.